The maximum Gasteiger partial charge on any atom is 0.146 e. The van der Waals surface area contributed by atoms with E-state index in [0.29, 0.717) is 13.0 Å². The van der Waals surface area contributed by atoms with Gasteiger partial charge in [0, 0.05) is 9.35 Å². The minimum atomic E-state index is 0.150. The molecule has 21 heavy (non-hydrogen) atoms. The van der Waals surface area contributed by atoms with E-state index >= 15 is 0 Å². The molecule has 7 heteroatoms. The van der Waals surface area contributed by atoms with Crippen LogP contribution in [-0.2, 0) is 13.0 Å². The van der Waals surface area contributed by atoms with E-state index in [4.69, 9.17) is 10.9 Å². The highest BCUT2D eigenvalue weighted by Crippen LogP contribution is 2.26. The van der Waals surface area contributed by atoms with Crippen molar-refractivity contribution in [2.75, 3.05) is 0 Å². The first-order valence-corrected chi connectivity index (χ1v) is 7.98. The van der Waals surface area contributed by atoms with Crippen LogP contribution < -0.4 is 5.73 Å². The van der Waals surface area contributed by atoms with Crippen LogP contribution in [0.5, 0.6) is 0 Å². The van der Waals surface area contributed by atoms with E-state index in [1.165, 1.54) is 4.88 Å². The van der Waals surface area contributed by atoms with Crippen molar-refractivity contribution in [2.24, 2.45) is 10.9 Å². The number of amidine groups is 1. The highest BCUT2D eigenvalue weighted by molar-refractivity contribution is 9.10. The Labute approximate surface area is 133 Å². The Morgan fingerprint density at radius 2 is 2.19 bits per heavy atom. The van der Waals surface area contributed by atoms with E-state index in [1.807, 2.05) is 35.7 Å². The number of hydrogen-bond donors (Lipinski definition) is 2. The molecule has 0 radical (unpaired) electrons. The van der Waals surface area contributed by atoms with E-state index in [9.17, 15) is 0 Å². The van der Waals surface area contributed by atoms with Gasteiger partial charge in [-0.3, -0.25) is 0 Å². The van der Waals surface area contributed by atoms with Crippen molar-refractivity contribution >= 4 is 44.1 Å². The standard InChI is InChI=1S/C14H13BrN4OS/c15-9-5-6-21-12(9)8-19-11-4-2-1-3-10(11)17-14(19)7-13(16)18-20/h1-6,20H,7-8H2,(H2,16,18). The van der Waals surface area contributed by atoms with E-state index in [0.717, 1.165) is 21.3 Å². The van der Waals surface area contributed by atoms with E-state index in [-0.39, 0.29) is 5.84 Å². The Kier molecular flexibility index (Phi) is 3.94. The summed E-state index contributed by atoms with van der Waals surface area (Å²) in [6, 6.07) is 9.96. The van der Waals surface area contributed by atoms with Crippen LogP contribution >= 0.6 is 27.3 Å². The van der Waals surface area contributed by atoms with E-state index in [2.05, 4.69) is 30.6 Å². The summed E-state index contributed by atoms with van der Waals surface area (Å²) in [5, 5.41) is 13.9. The minimum Gasteiger partial charge on any atom is -0.409 e. The Bertz CT molecular complexity index is 808. The molecular weight excluding hydrogens is 352 g/mol. The summed E-state index contributed by atoms with van der Waals surface area (Å²) in [6.07, 6.45) is 0.314. The molecule has 0 aliphatic rings. The van der Waals surface area contributed by atoms with Crippen molar-refractivity contribution in [3.05, 3.63) is 50.9 Å². The number of para-hydroxylation sites is 2. The molecule has 0 amide bonds. The zero-order valence-electron chi connectivity index (χ0n) is 11.0. The van der Waals surface area contributed by atoms with Gasteiger partial charge >= 0.3 is 0 Å². The lowest BCUT2D eigenvalue weighted by Gasteiger charge is -2.08. The van der Waals surface area contributed by atoms with Crippen LogP contribution in [0.15, 0.2) is 45.3 Å². The largest absolute Gasteiger partial charge is 0.409 e. The Morgan fingerprint density at radius 3 is 2.90 bits per heavy atom. The predicted octanol–water partition coefficient (Wildman–Crippen LogP) is 3.20. The van der Waals surface area contributed by atoms with Crippen LogP contribution in [-0.4, -0.2) is 20.6 Å². The SMILES string of the molecule is NC(Cc1nc2ccccc2n1Cc1sccc1Br)=NO. The van der Waals surface area contributed by atoms with Crippen molar-refractivity contribution in [3.8, 4) is 0 Å². The third kappa shape index (κ3) is 2.79. The van der Waals surface area contributed by atoms with Gasteiger partial charge < -0.3 is 15.5 Å². The second-order valence-electron chi connectivity index (χ2n) is 4.56. The van der Waals surface area contributed by atoms with Crippen LogP contribution in [0.4, 0.5) is 0 Å². The highest BCUT2D eigenvalue weighted by Gasteiger charge is 2.14. The molecule has 108 valence electrons. The van der Waals surface area contributed by atoms with Gasteiger partial charge in [0.15, 0.2) is 0 Å². The predicted molar refractivity (Wildman–Crippen MR) is 88.0 cm³/mol. The van der Waals surface area contributed by atoms with Gasteiger partial charge in [0.2, 0.25) is 0 Å². The fourth-order valence-electron chi connectivity index (χ4n) is 2.22. The molecule has 0 bridgehead atoms. The molecule has 0 saturated heterocycles. The summed E-state index contributed by atoms with van der Waals surface area (Å²) < 4.78 is 3.18. The molecule has 3 N–H and O–H groups in total. The fraction of sp³-hybridized carbons (Fsp3) is 0.143. The van der Waals surface area contributed by atoms with Crippen molar-refractivity contribution in [3.63, 3.8) is 0 Å². The highest BCUT2D eigenvalue weighted by atomic mass is 79.9. The lowest BCUT2D eigenvalue weighted by atomic mass is 10.3. The van der Waals surface area contributed by atoms with Crippen molar-refractivity contribution in [1.82, 2.24) is 9.55 Å². The van der Waals surface area contributed by atoms with E-state index < -0.39 is 0 Å². The molecule has 5 nitrogen and oxygen atoms in total. The zero-order chi connectivity index (χ0) is 14.8. The fourth-order valence-corrected chi connectivity index (χ4v) is 3.68. The van der Waals surface area contributed by atoms with Gasteiger partial charge in [0.1, 0.15) is 11.7 Å². The number of thiophene rings is 1. The van der Waals surface area contributed by atoms with Gasteiger partial charge in [-0.15, -0.1) is 11.3 Å². The summed E-state index contributed by atoms with van der Waals surface area (Å²) >= 11 is 5.24. The molecule has 2 aromatic heterocycles. The summed E-state index contributed by atoms with van der Waals surface area (Å²) in [7, 11) is 0. The van der Waals surface area contributed by atoms with Crippen molar-refractivity contribution in [2.45, 2.75) is 13.0 Å². The smallest absolute Gasteiger partial charge is 0.146 e. The topological polar surface area (TPSA) is 76.4 Å². The average Bonchev–Trinajstić information content (AvgIpc) is 3.04. The number of halogens is 1. The number of hydrogen-bond acceptors (Lipinski definition) is 4. The second-order valence-corrected chi connectivity index (χ2v) is 6.42. The van der Waals surface area contributed by atoms with Gasteiger partial charge in [-0.2, -0.15) is 0 Å². The summed E-state index contributed by atoms with van der Waals surface area (Å²) in [5.41, 5.74) is 7.59. The maximum absolute atomic E-state index is 8.78. The van der Waals surface area contributed by atoms with Crippen LogP contribution in [0.25, 0.3) is 11.0 Å². The first-order valence-electron chi connectivity index (χ1n) is 6.31. The quantitative estimate of drug-likeness (QED) is 0.323. The third-order valence-corrected chi connectivity index (χ3v) is 5.11. The van der Waals surface area contributed by atoms with Gasteiger partial charge in [0.05, 0.1) is 24.0 Å². The number of aromatic nitrogens is 2. The monoisotopic (exact) mass is 364 g/mol. The summed E-state index contributed by atoms with van der Waals surface area (Å²) in [5.74, 6) is 0.934. The van der Waals surface area contributed by atoms with Crippen LogP contribution in [0.1, 0.15) is 10.7 Å². The lowest BCUT2D eigenvalue weighted by Crippen LogP contribution is -2.18. The van der Waals surface area contributed by atoms with Gasteiger partial charge in [0.25, 0.3) is 0 Å². The normalized spacial score (nSPS) is 12.1. The molecule has 0 saturated carbocycles. The molecule has 0 fully saturated rings. The second kappa shape index (κ2) is 5.87. The molecule has 3 rings (SSSR count). The third-order valence-electron chi connectivity index (χ3n) is 3.19. The Balaban J connectivity index is 2.09. The van der Waals surface area contributed by atoms with Gasteiger partial charge in [-0.25, -0.2) is 4.98 Å². The van der Waals surface area contributed by atoms with Crippen LogP contribution in [0.2, 0.25) is 0 Å². The number of fused-ring (bicyclic) bond motifs is 1. The molecule has 0 unspecified atom stereocenters. The number of oxime groups is 1. The van der Waals surface area contributed by atoms with E-state index in [1.54, 1.807) is 11.3 Å². The first kappa shape index (κ1) is 14.1. The number of nitrogens with zero attached hydrogens (tertiary/aromatic N) is 3. The van der Waals surface area contributed by atoms with Crippen LogP contribution in [0, 0.1) is 0 Å². The minimum absolute atomic E-state index is 0.150. The number of benzene rings is 1. The zero-order valence-corrected chi connectivity index (χ0v) is 13.4. The summed E-state index contributed by atoms with van der Waals surface area (Å²) in [4.78, 5) is 5.80. The number of imidazole rings is 1. The average molecular weight is 365 g/mol. The summed E-state index contributed by atoms with van der Waals surface area (Å²) in [6.45, 7) is 0.701. The molecule has 0 aliphatic carbocycles. The van der Waals surface area contributed by atoms with Crippen LogP contribution in [0.3, 0.4) is 0 Å². The number of rotatable bonds is 4. The molecule has 0 atom stereocenters. The molecular formula is C14H13BrN4OS. The van der Waals surface area contributed by atoms with Crippen molar-refractivity contribution < 1.29 is 5.21 Å². The molecule has 0 aliphatic heterocycles. The van der Waals surface area contributed by atoms with Crippen molar-refractivity contribution in [1.29, 1.82) is 0 Å². The Hall–Kier alpha value is -1.86. The van der Waals surface area contributed by atoms with Gasteiger partial charge in [-0.05, 0) is 39.5 Å². The Morgan fingerprint density at radius 1 is 1.38 bits per heavy atom. The lowest BCUT2D eigenvalue weighted by molar-refractivity contribution is 0.317. The molecule has 2 heterocycles. The molecule has 0 spiro atoms. The first-order chi connectivity index (χ1) is 10.2. The molecule has 3 aromatic rings. The van der Waals surface area contributed by atoms with Gasteiger partial charge in [-0.1, -0.05) is 17.3 Å². The maximum atomic E-state index is 8.78. The molecule has 1 aromatic carbocycles. The number of nitrogens with two attached hydrogens (primary N) is 1.